The van der Waals surface area contributed by atoms with E-state index in [-0.39, 0.29) is 6.10 Å². The minimum Gasteiger partial charge on any atom is -0.489 e. The van der Waals surface area contributed by atoms with E-state index in [0.717, 1.165) is 39.6 Å². The molecule has 0 saturated heterocycles. The van der Waals surface area contributed by atoms with Gasteiger partial charge in [-0.25, -0.2) is 0 Å². The van der Waals surface area contributed by atoms with Crippen molar-refractivity contribution in [3.63, 3.8) is 0 Å². The van der Waals surface area contributed by atoms with E-state index in [2.05, 4.69) is 22.2 Å². The maximum absolute atomic E-state index is 5.83. The summed E-state index contributed by atoms with van der Waals surface area (Å²) < 4.78 is 8.71. The Kier molecular flexibility index (Phi) is 5.31. The number of benzene rings is 1. The predicted molar refractivity (Wildman–Crippen MR) is 90.4 cm³/mol. The van der Waals surface area contributed by atoms with Gasteiger partial charge in [0.05, 0.1) is 11.6 Å². The molecule has 1 aromatic carbocycles. The number of para-hydroxylation sites is 1. The second-order valence-electron chi connectivity index (χ2n) is 4.76. The maximum atomic E-state index is 5.83. The largest absolute Gasteiger partial charge is 0.489 e. The molecule has 0 aliphatic heterocycles. The fraction of sp³-hybridized carbons (Fsp3) is 0.400. The van der Waals surface area contributed by atoms with Gasteiger partial charge in [-0.3, -0.25) is 0 Å². The minimum absolute atomic E-state index is 0.147. The van der Waals surface area contributed by atoms with E-state index in [4.69, 9.17) is 17.0 Å². The summed E-state index contributed by atoms with van der Waals surface area (Å²) in [5.41, 5.74) is 2.09. The van der Waals surface area contributed by atoms with E-state index in [9.17, 15) is 0 Å². The lowest BCUT2D eigenvalue weighted by Crippen LogP contribution is -2.06. The summed E-state index contributed by atoms with van der Waals surface area (Å²) >= 11 is 7.28. The normalized spacial score (nSPS) is 11.2. The van der Waals surface area contributed by atoms with Crippen LogP contribution in [0.1, 0.15) is 13.8 Å². The highest BCUT2D eigenvalue weighted by atomic mass is 32.2. The number of nitrogens with one attached hydrogen (secondary N) is 1. The van der Waals surface area contributed by atoms with Crippen LogP contribution in [-0.2, 0) is 6.54 Å². The van der Waals surface area contributed by atoms with Gasteiger partial charge in [-0.15, -0.1) is 6.58 Å². The molecule has 0 unspecified atom stereocenters. The van der Waals surface area contributed by atoms with E-state index in [1.165, 1.54) is 0 Å². The molecule has 108 valence electrons. The smallest absolute Gasteiger partial charge is 0.178 e. The van der Waals surface area contributed by atoms with Crippen molar-refractivity contribution in [3.8, 4) is 5.75 Å². The Morgan fingerprint density at radius 1 is 1.50 bits per heavy atom. The van der Waals surface area contributed by atoms with Gasteiger partial charge in [-0.05, 0) is 38.2 Å². The summed E-state index contributed by atoms with van der Waals surface area (Å²) in [6.45, 7) is 8.67. The number of nitrogens with zero attached hydrogens (tertiary/aromatic N) is 1. The summed E-state index contributed by atoms with van der Waals surface area (Å²) in [5.74, 6) is 2.85. The third-order valence-corrected chi connectivity index (χ3v) is 4.09. The van der Waals surface area contributed by atoms with Crippen LogP contribution >= 0.6 is 24.0 Å². The third-order valence-electron chi connectivity index (χ3n) is 2.83. The summed E-state index contributed by atoms with van der Waals surface area (Å²) in [5, 5.41) is 0. The number of hydrogen-bond donors (Lipinski definition) is 1. The Balaban J connectivity index is 2.29. The van der Waals surface area contributed by atoms with Gasteiger partial charge in [0, 0.05) is 18.1 Å². The van der Waals surface area contributed by atoms with Crippen LogP contribution in [0.3, 0.4) is 0 Å². The second kappa shape index (κ2) is 6.99. The molecule has 1 heterocycles. The Bertz CT molecular complexity index is 643. The molecule has 0 atom stereocenters. The molecule has 3 nitrogen and oxygen atoms in total. The fourth-order valence-corrected chi connectivity index (χ4v) is 2.99. The zero-order chi connectivity index (χ0) is 14.5. The molecular formula is C15H20N2OS2. The molecule has 2 aromatic rings. The Labute approximate surface area is 129 Å². The number of hydrogen-bond acceptors (Lipinski definition) is 3. The lowest BCUT2D eigenvalue weighted by atomic mass is 10.3. The predicted octanol–water partition coefficient (Wildman–Crippen LogP) is 4.41. The number of imidazole rings is 1. The van der Waals surface area contributed by atoms with Crippen molar-refractivity contribution in [2.45, 2.75) is 26.5 Å². The van der Waals surface area contributed by atoms with Crippen LogP contribution in [0.15, 0.2) is 30.9 Å². The molecule has 0 bridgehead atoms. The molecule has 20 heavy (non-hydrogen) atoms. The molecule has 0 radical (unpaired) electrons. The second-order valence-corrected chi connectivity index (χ2v) is 6.30. The lowest BCUT2D eigenvalue weighted by Gasteiger charge is -2.10. The van der Waals surface area contributed by atoms with E-state index >= 15 is 0 Å². The number of aromatic nitrogens is 2. The van der Waals surface area contributed by atoms with Crippen LogP contribution in [0, 0.1) is 4.77 Å². The zero-order valence-corrected chi connectivity index (χ0v) is 13.5. The van der Waals surface area contributed by atoms with Crippen LogP contribution in [0.4, 0.5) is 0 Å². The molecule has 0 saturated carbocycles. The maximum Gasteiger partial charge on any atom is 0.178 e. The molecule has 0 fully saturated rings. The third kappa shape index (κ3) is 3.46. The SMILES string of the molecule is C=CCSCCn1c(=S)[nH]c2c(OC(C)C)cccc21. The number of aromatic amines is 1. The molecule has 1 aromatic heterocycles. The lowest BCUT2D eigenvalue weighted by molar-refractivity contribution is 0.245. The molecule has 0 aliphatic carbocycles. The first kappa shape index (κ1) is 15.2. The molecule has 0 spiro atoms. The van der Waals surface area contributed by atoms with Gasteiger partial charge >= 0.3 is 0 Å². The van der Waals surface area contributed by atoms with E-state index in [1.54, 1.807) is 0 Å². The van der Waals surface area contributed by atoms with Crippen LogP contribution in [0.25, 0.3) is 11.0 Å². The van der Waals surface area contributed by atoms with Crippen molar-refractivity contribution < 1.29 is 4.74 Å². The van der Waals surface area contributed by atoms with Gasteiger partial charge in [0.25, 0.3) is 0 Å². The van der Waals surface area contributed by atoms with E-state index in [0.29, 0.717) is 0 Å². The number of ether oxygens (including phenoxy) is 1. The van der Waals surface area contributed by atoms with E-state index in [1.807, 2.05) is 43.8 Å². The Morgan fingerprint density at radius 2 is 2.30 bits per heavy atom. The first-order valence-electron chi connectivity index (χ1n) is 6.70. The molecular weight excluding hydrogens is 288 g/mol. The first-order chi connectivity index (χ1) is 9.63. The molecule has 5 heteroatoms. The van der Waals surface area contributed by atoms with Gasteiger partial charge in [0.1, 0.15) is 11.3 Å². The summed E-state index contributed by atoms with van der Waals surface area (Å²) in [6.07, 6.45) is 2.07. The molecule has 0 amide bonds. The average Bonchev–Trinajstić information content (AvgIpc) is 2.72. The van der Waals surface area contributed by atoms with Crippen molar-refractivity contribution in [1.29, 1.82) is 0 Å². The number of thioether (sulfide) groups is 1. The quantitative estimate of drug-likeness (QED) is 0.467. The van der Waals surface area contributed by atoms with Crippen LogP contribution in [0.2, 0.25) is 0 Å². The monoisotopic (exact) mass is 308 g/mol. The summed E-state index contributed by atoms with van der Waals surface area (Å²) in [7, 11) is 0. The van der Waals surface area contributed by atoms with Crippen LogP contribution in [-0.4, -0.2) is 27.2 Å². The van der Waals surface area contributed by atoms with Crippen molar-refractivity contribution in [2.75, 3.05) is 11.5 Å². The standard InChI is InChI=1S/C15H20N2OS2/c1-4-9-20-10-8-17-12-6-5-7-13(18-11(2)3)14(12)16-15(17)19/h4-7,11H,1,8-10H2,2-3H3,(H,16,19). The average molecular weight is 308 g/mol. The molecule has 2 rings (SSSR count). The van der Waals surface area contributed by atoms with Crippen LogP contribution < -0.4 is 4.74 Å². The van der Waals surface area contributed by atoms with Gasteiger partial charge in [-0.2, -0.15) is 11.8 Å². The van der Waals surface area contributed by atoms with Crippen molar-refractivity contribution in [1.82, 2.24) is 9.55 Å². The molecule has 1 N–H and O–H groups in total. The highest BCUT2D eigenvalue weighted by molar-refractivity contribution is 7.99. The summed E-state index contributed by atoms with van der Waals surface area (Å²) in [4.78, 5) is 3.27. The number of aryl methyl sites for hydroxylation is 1. The van der Waals surface area contributed by atoms with Crippen LogP contribution in [0.5, 0.6) is 5.75 Å². The van der Waals surface area contributed by atoms with Crippen molar-refractivity contribution >= 4 is 35.0 Å². The highest BCUT2D eigenvalue weighted by Gasteiger charge is 2.10. The first-order valence-corrected chi connectivity index (χ1v) is 8.26. The fourth-order valence-electron chi connectivity index (χ4n) is 2.05. The number of H-pyrrole nitrogens is 1. The minimum atomic E-state index is 0.147. The topological polar surface area (TPSA) is 29.9 Å². The highest BCUT2D eigenvalue weighted by Crippen LogP contribution is 2.26. The number of fused-ring (bicyclic) bond motifs is 1. The van der Waals surface area contributed by atoms with Crippen molar-refractivity contribution in [2.24, 2.45) is 0 Å². The summed E-state index contributed by atoms with van der Waals surface area (Å²) in [6, 6.07) is 6.06. The number of rotatable bonds is 7. The molecule has 0 aliphatic rings. The van der Waals surface area contributed by atoms with Gasteiger partial charge in [0.2, 0.25) is 0 Å². The van der Waals surface area contributed by atoms with Gasteiger partial charge < -0.3 is 14.3 Å². The van der Waals surface area contributed by atoms with Gasteiger partial charge in [-0.1, -0.05) is 12.1 Å². The van der Waals surface area contributed by atoms with E-state index < -0.39 is 0 Å². The Morgan fingerprint density at radius 3 is 3.00 bits per heavy atom. The van der Waals surface area contributed by atoms with Crippen molar-refractivity contribution in [3.05, 3.63) is 35.6 Å². The zero-order valence-electron chi connectivity index (χ0n) is 11.9. The Hall–Kier alpha value is -1.20. The van der Waals surface area contributed by atoms with Gasteiger partial charge in [0.15, 0.2) is 4.77 Å².